The summed E-state index contributed by atoms with van der Waals surface area (Å²) >= 11 is 0. The minimum atomic E-state index is -0.742. The zero-order chi connectivity index (χ0) is 11.1. The third-order valence-electron chi connectivity index (χ3n) is 2.62. The number of hydrogen-bond donors (Lipinski definition) is 2. The lowest BCUT2D eigenvalue weighted by Gasteiger charge is -2.31. The molecular weight excluding hydrogens is 192 g/mol. The highest BCUT2D eigenvalue weighted by Gasteiger charge is 2.35. The number of hydrogen-bond acceptors (Lipinski definition) is 3. The van der Waals surface area contributed by atoms with Gasteiger partial charge in [0.2, 0.25) is 5.91 Å². The highest BCUT2D eigenvalue weighted by molar-refractivity contribution is 5.86. The van der Waals surface area contributed by atoms with E-state index in [1.165, 1.54) is 0 Å². The summed E-state index contributed by atoms with van der Waals surface area (Å²) in [5.74, 6) is 2.45. The van der Waals surface area contributed by atoms with Crippen LogP contribution in [-0.2, 0) is 9.53 Å². The molecule has 0 bridgehead atoms. The first-order valence-corrected chi connectivity index (χ1v) is 5.27. The van der Waals surface area contributed by atoms with Crippen molar-refractivity contribution < 1.29 is 9.53 Å². The number of rotatable bonds is 4. The molecule has 0 radical (unpaired) electrons. The van der Waals surface area contributed by atoms with Crippen LogP contribution in [0.2, 0.25) is 0 Å². The average Bonchev–Trinajstić information content (AvgIpc) is 2.25. The number of terminal acetylenes is 1. The summed E-state index contributed by atoms with van der Waals surface area (Å²) in [4.78, 5) is 11.7. The maximum atomic E-state index is 11.7. The predicted octanol–water partition coefficient (Wildman–Crippen LogP) is 0.0239. The summed E-state index contributed by atoms with van der Waals surface area (Å²) < 4.78 is 5.17. The van der Waals surface area contributed by atoms with Crippen molar-refractivity contribution in [1.82, 2.24) is 5.32 Å². The zero-order valence-corrected chi connectivity index (χ0v) is 8.92. The van der Waals surface area contributed by atoms with E-state index in [2.05, 4.69) is 11.2 Å². The minimum absolute atomic E-state index is 0.0807. The van der Waals surface area contributed by atoms with E-state index >= 15 is 0 Å². The minimum Gasteiger partial charge on any atom is -0.381 e. The number of amides is 1. The lowest BCUT2D eigenvalue weighted by Crippen LogP contribution is -2.57. The maximum Gasteiger partial charge on any atom is 0.240 e. The Labute approximate surface area is 90.5 Å². The first-order valence-electron chi connectivity index (χ1n) is 5.27. The van der Waals surface area contributed by atoms with Gasteiger partial charge in [-0.25, -0.2) is 0 Å². The van der Waals surface area contributed by atoms with Gasteiger partial charge in [0.25, 0.3) is 0 Å². The third kappa shape index (κ3) is 3.54. The molecule has 1 heterocycles. The summed E-state index contributed by atoms with van der Waals surface area (Å²) in [6, 6.07) is 0. The van der Waals surface area contributed by atoms with Crippen LogP contribution in [0.5, 0.6) is 0 Å². The lowest BCUT2D eigenvalue weighted by molar-refractivity contribution is -0.129. The summed E-state index contributed by atoms with van der Waals surface area (Å²) in [6.45, 7) is 1.73. The van der Waals surface area contributed by atoms with Crippen LogP contribution in [0.1, 0.15) is 25.7 Å². The Morgan fingerprint density at radius 1 is 1.53 bits per heavy atom. The highest BCUT2D eigenvalue weighted by Crippen LogP contribution is 2.17. The molecule has 0 unspecified atom stereocenters. The molecular formula is C11H18N2O2. The second kappa shape index (κ2) is 5.74. The fourth-order valence-electron chi connectivity index (χ4n) is 1.53. The smallest absolute Gasteiger partial charge is 0.240 e. The van der Waals surface area contributed by atoms with E-state index in [9.17, 15) is 4.79 Å². The van der Waals surface area contributed by atoms with Gasteiger partial charge in [0.1, 0.15) is 0 Å². The Kier molecular flexibility index (Phi) is 4.60. The molecule has 1 aliphatic heterocycles. The predicted molar refractivity (Wildman–Crippen MR) is 58.0 cm³/mol. The van der Waals surface area contributed by atoms with E-state index in [-0.39, 0.29) is 5.91 Å². The summed E-state index contributed by atoms with van der Waals surface area (Å²) in [5.41, 5.74) is 5.24. The molecule has 1 aliphatic rings. The van der Waals surface area contributed by atoms with Crippen molar-refractivity contribution in [3.63, 3.8) is 0 Å². The van der Waals surface area contributed by atoms with Crippen molar-refractivity contribution in [3.05, 3.63) is 0 Å². The number of carbonyl (C=O) groups excluding carboxylic acids is 1. The molecule has 0 aromatic heterocycles. The van der Waals surface area contributed by atoms with Gasteiger partial charge in [-0.05, 0) is 19.3 Å². The normalized spacial score (nSPS) is 19.2. The van der Waals surface area contributed by atoms with Gasteiger partial charge in [-0.3, -0.25) is 4.79 Å². The van der Waals surface area contributed by atoms with Crippen molar-refractivity contribution in [1.29, 1.82) is 0 Å². The number of ether oxygens (including phenoxy) is 1. The van der Waals surface area contributed by atoms with E-state index in [1.54, 1.807) is 0 Å². The van der Waals surface area contributed by atoms with Crippen LogP contribution >= 0.6 is 0 Å². The molecule has 0 atom stereocenters. The number of unbranched alkanes of at least 4 members (excludes halogenated alkanes) is 1. The molecule has 84 valence electrons. The Hall–Kier alpha value is -1.05. The van der Waals surface area contributed by atoms with Crippen LogP contribution < -0.4 is 11.1 Å². The molecule has 1 rings (SSSR count). The van der Waals surface area contributed by atoms with E-state index in [0.717, 1.165) is 6.42 Å². The van der Waals surface area contributed by atoms with Gasteiger partial charge < -0.3 is 15.8 Å². The van der Waals surface area contributed by atoms with E-state index < -0.39 is 5.54 Å². The van der Waals surface area contributed by atoms with Crippen LogP contribution in [0.15, 0.2) is 0 Å². The second-order valence-corrected chi connectivity index (χ2v) is 3.83. The molecule has 0 aliphatic carbocycles. The van der Waals surface area contributed by atoms with E-state index in [1.807, 2.05) is 0 Å². The maximum absolute atomic E-state index is 11.7. The van der Waals surface area contributed by atoms with Gasteiger partial charge in [0.05, 0.1) is 5.54 Å². The highest BCUT2D eigenvalue weighted by atomic mass is 16.5. The van der Waals surface area contributed by atoms with Gasteiger partial charge >= 0.3 is 0 Å². The van der Waals surface area contributed by atoms with Crippen molar-refractivity contribution >= 4 is 5.91 Å². The largest absolute Gasteiger partial charge is 0.381 e. The number of carbonyl (C=O) groups is 1. The standard InChI is InChI=1S/C11H18N2O2/c1-2-3-4-7-13-10(14)11(12)5-8-15-9-6-11/h1H,3-9,12H2,(H,13,14). The van der Waals surface area contributed by atoms with Crippen LogP contribution in [0.25, 0.3) is 0 Å². The first kappa shape index (κ1) is 12.0. The Bertz CT molecular complexity index is 252. The summed E-state index contributed by atoms with van der Waals surface area (Å²) in [5, 5.41) is 2.81. The molecule has 4 heteroatoms. The van der Waals surface area contributed by atoms with E-state index in [0.29, 0.717) is 39.0 Å². The zero-order valence-electron chi connectivity index (χ0n) is 8.92. The molecule has 1 fully saturated rings. The Morgan fingerprint density at radius 3 is 2.80 bits per heavy atom. The Balaban J connectivity index is 2.29. The van der Waals surface area contributed by atoms with Gasteiger partial charge in [0.15, 0.2) is 0 Å². The van der Waals surface area contributed by atoms with Crippen molar-refractivity contribution in [2.45, 2.75) is 31.2 Å². The topological polar surface area (TPSA) is 64.4 Å². The molecule has 4 nitrogen and oxygen atoms in total. The molecule has 0 aromatic carbocycles. The SMILES string of the molecule is C#CCCCNC(=O)C1(N)CCOCC1. The van der Waals surface area contributed by atoms with Crippen LogP contribution in [-0.4, -0.2) is 31.2 Å². The van der Waals surface area contributed by atoms with Crippen molar-refractivity contribution in [2.75, 3.05) is 19.8 Å². The van der Waals surface area contributed by atoms with E-state index in [4.69, 9.17) is 16.9 Å². The van der Waals surface area contributed by atoms with Crippen LogP contribution in [0, 0.1) is 12.3 Å². The monoisotopic (exact) mass is 210 g/mol. The number of nitrogens with two attached hydrogens (primary N) is 1. The molecule has 15 heavy (non-hydrogen) atoms. The first-order chi connectivity index (χ1) is 7.19. The van der Waals surface area contributed by atoms with Crippen molar-refractivity contribution in [2.24, 2.45) is 5.73 Å². The van der Waals surface area contributed by atoms with Gasteiger partial charge in [-0.2, -0.15) is 0 Å². The second-order valence-electron chi connectivity index (χ2n) is 3.83. The third-order valence-corrected chi connectivity index (χ3v) is 2.62. The quantitative estimate of drug-likeness (QED) is 0.508. The lowest BCUT2D eigenvalue weighted by atomic mass is 9.90. The molecule has 0 saturated carbocycles. The van der Waals surface area contributed by atoms with Crippen molar-refractivity contribution in [3.8, 4) is 12.3 Å². The van der Waals surface area contributed by atoms with Crippen LogP contribution in [0.3, 0.4) is 0 Å². The van der Waals surface area contributed by atoms with Crippen LogP contribution in [0.4, 0.5) is 0 Å². The molecule has 0 aromatic rings. The van der Waals surface area contributed by atoms with Gasteiger partial charge in [-0.1, -0.05) is 0 Å². The molecule has 0 spiro atoms. The fourth-order valence-corrected chi connectivity index (χ4v) is 1.53. The molecule has 3 N–H and O–H groups in total. The average molecular weight is 210 g/mol. The summed E-state index contributed by atoms with van der Waals surface area (Å²) in [6.07, 6.45) is 7.77. The summed E-state index contributed by atoms with van der Waals surface area (Å²) in [7, 11) is 0. The Morgan fingerprint density at radius 2 is 2.20 bits per heavy atom. The van der Waals surface area contributed by atoms with Gasteiger partial charge in [-0.15, -0.1) is 12.3 Å². The number of nitrogens with one attached hydrogen (secondary N) is 1. The molecule has 1 amide bonds. The van der Waals surface area contributed by atoms with Gasteiger partial charge in [0, 0.05) is 26.2 Å². The fraction of sp³-hybridized carbons (Fsp3) is 0.727. The molecule has 1 saturated heterocycles.